The molecular weight excluding hydrogens is 256 g/mol. The highest BCUT2D eigenvalue weighted by Crippen LogP contribution is 2.39. The van der Waals surface area contributed by atoms with Crippen LogP contribution in [0.5, 0.6) is 23.1 Å². The van der Waals surface area contributed by atoms with Crippen molar-refractivity contribution < 1.29 is 14.2 Å². The molecule has 0 aliphatic carbocycles. The molecular formula is C12H11ClN2O3. The Balaban J connectivity index is 2.35. The lowest BCUT2D eigenvalue weighted by atomic mass is 10.3. The first kappa shape index (κ1) is 12.4. The van der Waals surface area contributed by atoms with Gasteiger partial charge < -0.3 is 14.2 Å². The third-order valence-corrected chi connectivity index (χ3v) is 2.40. The lowest BCUT2D eigenvalue weighted by Crippen LogP contribution is -1.96. The summed E-state index contributed by atoms with van der Waals surface area (Å²) < 4.78 is 16.0. The summed E-state index contributed by atoms with van der Waals surface area (Å²) in [7, 11) is 3.10. The number of hydrogen-bond donors (Lipinski definition) is 0. The summed E-state index contributed by atoms with van der Waals surface area (Å²) >= 11 is 5.65. The molecule has 1 aromatic heterocycles. The van der Waals surface area contributed by atoms with Gasteiger partial charge in [0.1, 0.15) is 0 Å². The van der Waals surface area contributed by atoms with Gasteiger partial charge in [0.25, 0.3) is 0 Å². The van der Waals surface area contributed by atoms with Crippen LogP contribution in [0, 0.1) is 0 Å². The molecule has 2 aromatic rings. The van der Waals surface area contributed by atoms with Crippen LogP contribution in [-0.4, -0.2) is 24.4 Å². The van der Waals surface area contributed by atoms with E-state index >= 15 is 0 Å². The number of benzene rings is 1. The van der Waals surface area contributed by atoms with E-state index in [1.165, 1.54) is 0 Å². The first-order valence-electron chi connectivity index (χ1n) is 5.12. The van der Waals surface area contributed by atoms with Gasteiger partial charge in [-0.2, -0.15) is 0 Å². The molecule has 94 valence electrons. The van der Waals surface area contributed by atoms with E-state index in [4.69, 9.17) is 25.8 Å². The van der Waals surface area contributed by atoms with Crippen molar-refractivity contribution in [2.75, 3.05) is 14.2 Å². The van der Waals surface area contributed by atoms with Gasteiger partial charge in [-0.25, -0.2) is 0 Å². The van der Waals surface area contributed by atoms with E-state index in [9.17, 15) is 0 Å². The van der Waals surface area contributed by atoms with Gasteiger partial charge >= 0.3 is 0 Å². The minimum Gasteiger partial charge on any atom is -0.493 e. The van der Waals surface area contributed by atoms with E-state index in [-0.39, 0.29) is 0 Å². The third-order valence-electron chi connectivity index (χ3n) is 2.20. The molecule has 0 amide bonds. The van der Waals surface area contributed by atoms with Crippen molar-refractivity contribution in [2.24, 2.45) is 0 Å². The third kappa shape index (κ3) is 2.62. The average Bonchev–Trinajstić information content (AvgIpc) is 2.41. The zero-order valence-corrected chi connectivity index (χ0v) is 10.6. The molecule has 0 saturated heterocycles. The highest BCUT2D eigenvalue weighted by Gasteiger charge is 2.13. The van der Waals surface area contributed by atoms with Crippen molar-refractivity contribution in [2.45, 2.75) is 0 Å². The molecule has 0 aliphatic rings. The second-order valence-electron chi connectivity index (χ2n) is 3.29. The fraction of sp³-hybridized carbons (Fsp3) is 0.167. The molecule has 0 saturated carbocycles. The lowest BCUT2D eigenvalue weighted by Gasteiger charge is -2.12. The smallest absolute Gasteiger partial charge is 0.239 e. The number of methoxy groups -OCH3 is 2. The number of nitrogens with zero attached hydrogens (tertiary/aromatic N) is 2. The van der Waals surface area contributed by atoms with Crippen LogP contribution >= 0.6 is 11.6 Å². The van der Waals surface area contributed by atoms with Crippen molar-refractivity contribution >= 4 is 11.6 Å². The van der Waals surface area contributed by atoms with Crippen LogP contribution in [0.25, 0.3) is 0 Å². The van der Waals surface area contributed by atoms with E-state index in [0.29, 0.717) is 28.3 Å². The fourth-order valence-corrected chi connectivity index (χ4v) is 1.48. The van der Waals surface area contributed by atoms with Gasteiger partial charge in [0, 0.05) is 6.07 Å². The SMILES string of the molecule is COc1cccc(OC)c1Oc1ccc(Cl)nn1. The maximum atomic E-state index is 5.65. The molecule has 0 unspecified atom stereocenters. The van der Waals surface area contributed by atoms with Crippen LogP contribution in [0.3, 0.4) is 0 Å². The van der Waals surface area contributed by atoms with Crippen LogP contribution in [0.2, 0.25) is 5.15 Å². The van der Waals surface area contributed by atoms with Gasteiger partial charge in [0.15, 0.2) is 16.7 Å². The van der Waals surface area contributed by atoms with Crippen LogP contribution in [0.1, 0.15) is 0 Å². The van der Waals surface area contributed by atoms with Gasteiger partial charge in [-0.3, -0.25) is 0 Å². The molecule has 0 bridgehead atoms. The highest BCUT2D eigenvalue weighted by molar-refractivity contribution is 6.29. The molecule has 0 radical (unpaired) electrons. The Labute approximate surface area is 109 Å². The normalized spacial score (nSPS) is 9.94. The number of rotatable bonds is 4. The second-order valence-corrected chi connectivity index (χ2v) is 3.68. The predicted molar refractivity (Wildman–Crippen MR) is 66.7 cm³/mol. The topological polar surface area (TPSA) is 53.5 Å². The number of ether oxygens (including phenoxy) is 3. The van der Waals surface area contributed by atoms with E-state index in [0.717, 1.165) is 0 Å². The summed E-state index contributed by atoms with van der Waals surface area (Å²) in [5, 5.41) is 7.80. The summed E-state index contributed by atoms with van der Waals surface area (Å²) in [6.45, 7) is 0. The summed E-state index contributed by atoms with van der Waals surface area (Å²) in [5.41, 5.74) is 0. The van der Waals surface area contributed by atoms with E-state index in [1.54, 1.807) is 44.6 Å². The summed E-state index contributed by atoms with van der Waals surface area (Å²) in [6.07, 6.45) is 0. The number of para-hydroxylation sites is 1. The molecule has 2 rings (SSSR count). The average molecular weight is 267 g/mol. The van der Waals surface area contributed by atoms with Gasteiger partial charge in [0.05, 0.1) is 14.2 Å². The summed E-state index contributed by atoms with van der Waals surface area (Å²) in [6, 6.07) is 8.54. The molecule has 18 heavy (non-hydrogen) atoms. The lowest BCUT2D eigenvalue weighted by molar-refractivity contribution is 0.340. The standard InChI is InChI=1S/C12H11ClN2O3/c1-16-8-4-3-5-9(17-2)12(8)18-11-7-6-10(13)14-15-11/h3-7H,1-2H3. The maximum Gasteiger partial charge on any atom is 0.239 e. The Kier molecular flexibility index (Phi) is 3.84. The van der Waals surface area contributed by atoms with Gasteiger partial charge in [0.2, 0.25) is 11.6 Å². The highest BCUT2D eigenvalue weighted by atomic mass is 35.5. The monoisotopic (exact) mass is 266 g/mol. The Morgan fingerprint density at radius 1 is 0.944 bits per heavy atom. The maximum absolute atomic E-state index is 5.65. The number of halogens is 1. The molecule has 0 spiro atoms. The molecule has 1 aromatic carbocycles. The van der Waals surface area contributed by atoms with Crippen LogP contribution in [0.4, 0.5) is 0 Å². The van der Waals surface area contributed by atoms with E-state index in [2.05, 4.69) is 10.2 Å². The number of aromatic nitrogens is 2. The molecule has 0 N–H and O–H groups in total. The minimum atomic E-state index is 0.300. The molecule has 5 nitrogen and oxygen atoms in total. The van der Waals surface area contributed by atoms with Gasteiger partial charge in [-0.15, -0.1) is 10.2 Å². The fourth-order valence-electron chi connectivity index (χ4n) is 1.38. The first-order valence-corrected chi connectivity index (χ1v) is 5.50. The summed E-state index contributed by atoms with van der Waals surface area (Å²) in [5.74, 6) is 1.85. The Morgan fingerprint density at radius 2 is 1.61 bits per heavy atom. The quantitative estimate of drug-likeness (QED) is 0.852. The zero-order valence-electron chi connectivity index (χ0n) is 9.88. The largest absolute Gasteiger partial charge is 0.493 e. The molecule has 0 aliphatic heterocycles. The van der Waals surface area contributed by atoms with Crippen LogP contribution < -0.4 is 14.2 Å². The Bertz CT molecular complexity index is 509. The summed E-state index contributed by atoms with van der Waals surface area (Å²) in [4.78, 5) is 0. The van der Waals surface area contributed by atoms with E-state index < -0.39 is 0 Å². The predicted octanol–water partition coefficient (Wildman–Crippen LogP) is 2.94. The van der Waals surface area contributed by atoms with Crippen molar-refractivity contribution in [3.63, 3.8) is 0 Å². The molecule has 0 atom stereocenters. The van der Waals surface area contributed by atoms with Crippen molar-refractivity contribution in [3.05, 3.63) is 35.5 Å². The van der Waals surface area contributed by atoms with Crippen LogP contribution in [0.15, 0.2) is 30.3 Å². The Morgan fingerprint density at radius 3 is 2.11 bits per heavy atom. The zero-order chi connectivity index (χ0) is 13.0. The number of hydrogen-bond acceptors (Lipinski definition) is 5. The minimum absolute atomic E-state index is 0.300. The van der Waals surface area contributed by atoms with Crippen LogP contribution in [-0.2, 0) is 0 Å². The van der Waals surface area contributed by atoms with Crippen molar-refractivity contribution in [3.8, 4) is 23.1 Å². The van der Waals surface area contributed by atoms with Gasteiger partial charge in [-0.1, -0.05) is 17.7 Å². The molecule has 1 heterocycles. The van der Waals surface area contributed by atoms with Gasteiger partial charge in [-0.05, 0) is 18.2 Å². The second kappa shape index (κ2) is 5.55. The van der Waals surface area contributed by atoms with Crippen molar-refractivity contribution in [1.82, 2.24) is 10.2 Å². The van der Waals surface area contributed by atoms with E-state index in [1.807, 2.05) is 0 Å². The molecule has 6 heteroatoms. The molecule has 0 fully saturated rings. The first-order chi connectivity index (χ1) is 8.74. The Hall–Kier alpha value is -2.01. The van der Waals surface area contributed by atoms with Crippen molar-refractivity contribution in [1.29, 1.82) is 0 Å².